The summed E-state index contributed by atoms with van der Waals surface area (Å²) < 4.78 is 25.1. The summed E-state index contributed by atoms with van der Waals surface area (Å²) in [5.74, 6) is -0.355. The van der Waals surface area contributed by atoms with Crippen molar-refractivity contribution in [3.05, 3.63) is 35.1 Å². The molecule has 0 amide bonds. The van der Waals surface area contributed by atoms with Gasteiger partial charge in [0.1, 0.15) is 5.82 Å². The van der Waals surface area contributed by atoms with Crippen molar-refractivity contribution in [3.8, 4) is 0 Å². The maximum Gasteiger partial charge on any atom is 0.127 e. The summed E-state index contributed by atoms with van der Waals surface area (Å²) in [5, 5.41) is 0. The lowest BCUT2D eigenvalue weighted by Crippen LogP contribution is -2.12. The van der Waals surface area contributed by atoms with E-state index in [-0.39, 0.29) is 24.6 Å². The smallest absolute Gasteiger partial charge is 0.127 e. The highest BCUT2D eigenvalue weighted by molar-refractivity contribution is 5.85. The van der Waals surface area contributed by atoms with Crippen molar-refractivity contribution < 1.29 is 8.78 Å². The number of rotatable bonds is 3. The highest BCUT2D eigenvalue weighted by Gasteiger charge is 2.10. The zero-order valence-electron chi connectivity index (χ0n) is 7.97. The standard InChI is InChI=1S/C10H13F2N.ClH/c1-7-2-3-9(12)8(6-7)10(13)4-5-11;/h2-3,6,10H,4-5,13H2,1H3;1H/t10-;/m0./s1. The molecule has 1 rings (SSSR count). The average molecular weight is 222 g/mol. The minimum absolute atomic E-state index is 0. The number of aryl methyl sites for hydroxylation is 1. The molecule has 0 unspecified atom stereocenters. The van der Waals surface area contributed by atoms with Gasteiger partial charge in [0.25, 0.3) is 0 Å². The number of halogens is 3. The van der Waals surface area contributed by atoms with Gasteiger partial charge in [-0.15, -0.1) is 12.4 Å². The van der Waals surface area contributed by atoms with Crippen LogP contribution in [0.5, 0.6) is 0 Å². The molecule has 0 aliphatic rings. The Labute approximate surface area is 88.7 Å². The summed E-state index contributed by atoms with van der Waals surface area (Å²) >= 11 is 0. The number of hydrogen-bond acceptors (Lipinski definition) is 1. The fourth-order valence-electron chi connectivity index (χ4n) is 1.22. The largest absolute Gasteiger partial charge is 0.324 e. The van der Waals surface area contributed by atoms with E-state index >= 15 is 0 Å². The van der Waals surface area contributed by atoms with Crippen LogP contribution in [0.2, 0.25) is 0 Å². The van der Waals surface area contributed by atoms with E-state index in [1.165, 1.54) is 6.07 Å². The second-order valence-corrected chi connectivity index (χ2v) is 3.11. The quantitative estimate of drug-likeness (QED) is 0.835. The van der Waals surface area contributed by atoms with Crippen LogP contribution in [0.1, 0.15) is 23.6 Å². The molecular weight excluding hydrogens is 208 g/mol. The van der Waals surface area contributed by atoms with Gasteiger partial charge in [-0.05, 0) is 19.4 Å². The molecule has 4 heteroatoms. The minimum atomic E-state index is -0.537. The molecule has 14 heavy (non-hydrogen) atoms. The predicted octanol–water partition coefficient (Wildman–Crippen LogP) is 2.92. The first-order valence-electron chi connectivity index (χ1n) is 4.22. The van der Waals surface area contributed by atoms with E-state index in [0.29, 0.717) is 5.56 Å². The van der Waals surface area contributed by atoms with Crippen LogP contribution in [0, 0.1) is 12.7 Å². The van der Waals surface area contributed by atoms with Gasteiger partial charge in [0, 0.05) is 11.6 Å². The molecule has 1 aromatic carbocycles. The van der Waals surface area contributed by atoms with Crippen molar-refractivity contribution in [3.63, 3.8) is 0 Å². The molecule has 0 bridgehead atoms. The van der Waals surface area contributed by atoms with Crippen LogP contribution in [0.4, 0.5) is 8.78 Å². The lowest BCUT2D eigenvalue weighted by molar-refractivity contribution is 0.435. The molecular formula is C10H14ClF2N. The normalized spacial score (nSPS) is 12.0. The van der Waals surface area contributed by atoms with E-state index in [1.807, 2.05) is 6.92 Å². The fraction of sp³-hybridized carbons (Fsp3) is 0.400. The lowest BCUT2D eigenvalue weighted by Gasteiger charge is -2.11. The van der Waals surface area contributed by atoms with Gasteiger partial charge in [0.2, 0.25) is 0 Å². The molecule has 0 fully saturated rings. The first-order valence-corrected chi connectivity index (χ1v) is 4.22. The Balaban J connectivity index is 0.00000169. The molecule has 0 aliphatic heterocycles. The maximum absolute atomic E-state index is 13.1. The van der Waals surface area contributed by atoms with Crippen LogP contribution in [0.15, 0.2) is 18.2 Å². The first-order chi connectivity index (χ1) is 6.15. The summed E-state index contributed by atoms with van der Waals surface area (Å²) in [7, 11) is 0. The van der Waals surface area contributed by atoms with Gasteiger partial charge in [-0.1, -0.05) is 17.7 Å². The topological polar surface area (TPSA) is 26.0 Å². The van der Waals surface area contributed by atoms with Crippen molar-refractivity contribution >= 4 is 12.4 Å². The highest BCUT2D eigenvalue weighted by atomic mass is 35.5. The van der Waals surface area contributed by atoms with Crippen LogP contribution >= 0.6 is 12.4 Å². The molecule has 0 radical (unpaired) electrons. The molecule has 0 saturated heterocycles. The first kappa shape index (κ1) is 13.3. The number of alkyl halides is 1. The van der Waals surface area contributed by atoms with Crippen molar-refractivity contribution in [1.29, 1.82) is 0 Å². The van der Waals surface area contributed by atoms with Crippen LogP contribution in [-0.2, 0) is 0 Å². The van der Waals surface area contributed by atoms with E-state index < -0.39 is 12.7 Å². The highest BCUT2D eigenvalue weighted by Crippen LogP contribution is 2.19. The third kappa shape index (κ3) is 3.24. The van der Waals surface area contributed by atoms with E-state index in [4.69, 9.17) is 5.73 Å². The third-order valence-corrected chi connectivity index (χ3v) is 1.97. The molecule has 1 atom stereocenters. The molecule has 0 heterocycles. The van der Waals surface area contributed by atoms with E-state index in [2.05, 4.69) is 0 Å². The summed E-state index contributed by atoms with van der Waals surface area (Å²) in [6, 6.07) is 4.16. The molecule has 1 aromatic rings. The van der Waals surface area contributed by atoms with Crippen LogP contribution in [0.3, 0.4) is 0 Å². The summed E-state index contributed by atoms with van der Waals surface area (Å²) in [5.41, 5.74) is 6.93. The minimum Gasteiger partial charge on any atom is -0.324 e. The van der Waals surface area contributed by atoms with Crippen molar-refractivity contribution in [2.75, 3.05) is 6.67 Å². The van der Waals surface area contributed by atoms with Crippen LogP contribution < -0.4 is 5.73 Å². The Morgan fingerprint density at radius 1 is 1.43 bits per heavy atom. The second-order valence-electron chi connectivity index (χ2n) is 3.11. The Kier molecular flexibility index (Phi) is 5.65. The SMILES string of the molecule is Cc1ccc(F)c([C@@H](N)CCF)c1.Cl. The molecule has 1 nitrogen and oxygen atoms in total. The Hall–Kier alpha value is -0.670. The number of hydrogen-bond donors (Lipinski definition) is 1. The zero-order valence-corrected chi connectivity index (χ0v) is 8.78. The van der Waals surface area contributed by atoms with Gasteiger partial charge in [-0.25, -0.2) is 4.39 Å². The number of nitrogens with two attached hydrogens (primary N) is 1. The monoisotopic (exact) mass is 221 g/mol. The molecule has 80 valence electrons. The third-order valence-electron chi connectivity index (χ3n) is 1.97. The van der Waals surface area contributed by atoms with Crippen LogP contribution in [0.25, 0.3) is 0 Å². The Morgan fingerprint density at radius 2 is 2.07 bits per heavy atom. The van der Waals surface area contributed by atoms with E-state index in [0.717, 1.165) is 5.56 Å². The molecule has 0 saturated carbocycles. The predicted molar refractivity (Wildman–Crippen MR) is 55.9 cm³/mol. The molecule has 0 spiro atoms. The van der Waals surface area contributed by atoms with E-state index in [1.54, 1.807) is 12.1 Å². The van der Waals surface area contributed by atoms with Crippen molar-refractivity contribution in [2.45, 2.75) is 19.4 Å². The molecule has 2 N–H and O–H groups in total. The Bertz CT molecular complexity index is 291. The lowest BCUT2D eigenvalue weighted by atomic mass is 10.0. The van der Waals surface area contributed by atoms with Gasteiger partial charge in [-0.3, -0.25) is 4.39 Å². The maximum atomic E-state index is 13.1. The van der Waals surface area contributed by atoms with Gasteiger partial charge >= 0.3 is 0 Å². The average Bonchev–Trinajstić information content (AvgIpc) is 2.09. The van der Waals surface area contributed by atoms with Gasteiger partial charge in [-0.2, -0.15) is 0 Å². The summed E-state index contributed by atoms with van der Waals surface area (Å²) in [6.07, 6.45) is 0.167. The number of benzene rings is 1. The second kappa shape index (κ2) is 5.94. The van der Waals surface area contributed by atoms with E-state index in [9.17, 15) is 8.78 Å². The van der Waals surface area contributed by atoms with Gasteiger partial charge in [0.15, 0.2) is 0 Å². The summed E-state index contributed by atoms with van der Waals surface area (Å²) in [4.78, 5) is 0. The van der Waals surface area contributed by atoms with Gasteiger partial charge < -0.3 is 5.73 Å². The van der Waals surface area contributed by atoms with Gasteiger partial charge in [0.05, 0.1) is 6.67 Å². The van der Waals surface area contributed by atoms with Crippen LogP contribution in [-0.4, -0.2) is 6.67 Å². The fourth-order valence-corrected chi connectivity index (χ4v) is 1.22. The molecule has 0 aromatic heterocycles. The van der Waals surface area contributed by atoms with Crippen molar-refractivity contribution in [2.24, 2.45) is 5.73 Å². The zero-order chi connectivity index (χ0) is 9.84. The van der Waals surface area contributed by atoms with Crippen molar-refractivity contribution in [1.82, 2.24) is 0 Å². The molecule has 0 aliphatic carbocycles. The Morgan fingerprint density at radius 3 is 2.64 bits per heavy atom. The summed E-state index contributed by atoms with van der Waals surface area (Å²) in [6.45, 7) is 1.33.